The Bertz CT molecular complexity index is 404. The molecule has 0 fully saturated rings. The van der Waals surface area contributed by atoms with Gasteiger partial charge in [0.15, 0.2) is 0 Å². The van der Waals surface area contributed by atoms with Crippen LogP contribution in [0.1, 0.15) is 20.3 Å². The molecule has 8 heteroatoms. The van der Waals surface area contributed by atoms with Crippen molar-refractivity contribution >= 4 is 12.0 Å². The van der Waals surface area contributed by atoms with E-state index in [1.54, 1.807) is 30.9 Å². The van der Waals surface area contributed by atoms with Crippen molar-refractivity contribution in [1.29, 1.82) is 0 Å². The van der Waals surface area contributed by atoms with E-state index in [-0.39, 0.29) is 5.92 Å². The average molecular weight is 269 g/mol. The van der Waals surface area contributed by atoms with Gasteiger partial charge in [0.1, 0.15) is 6.04 Å². The zero-order chi connectivity index (χ0) is 14.3. The van der Waals surface area contributed by atoms with Gasteiger partial charge in [0.05, 0.1) is 6.20 Å². The Morgan fingerprint density at radius 3 is 2.68 bits per heavy atom. The van der Waals surface area contributed by atoms with Gasteiger partial charge in [-0.3, -0.25) is 4.68 Å². The molecule has 0 aliphatic heterocycles. The summed E-state index contributed by atoms with van der Waals surface area (Å²) in [5.74, 6) is -1.20. The van der Waals surface area contributed by atoms with Gasteiger partial charge < -0.3 is 15.7 Å². The number of urea groups is 1. The van der Waals surface area contributed by atoms with Crippen molar-refractivity contribution in [3.05, 3.63) is 12.4 Å². The van der Waals surface area contributed by atoms with Crippen LogP contribution in [-0.4, -0.2) is 44.7 Å². The number of aromatic nitrogens is 3. The molecule has 106 valence electrons. The lowest BCUT2D eigenvalue weighted by Gasteiger charge is -2.18. The topological polar surface area (TPSA) is 109 Å². The molecule has 0 saturated heterocycles. The summed E-state index contributed by atoms with van der Waals surface area (Å²) in [6, 6.07) is -1.35. The maximum absolute atomic E-state index is 11.5. The number of hydrogen-bond acceptors (Lipinski definition) is 4. The van der Waals surface area contributed by atoms with Crippen molar-refractivity contribution in [2.24, 2.45) is 5.92 Å². The first-order valence-corrected chi connectivity index (χ1v) is 6.12. The van der Waals surface area contributed by atoms with Gasteiger partial charge in [-0.15, -0.1) is 5.10 Å². The van der Waals surface area contributed by atoms with Crippen molar-refractivity contribution < 1.29 is 14.7 Å². The monoisotopic (exact) mass is 269 g/mol. The van der Waals surface area contributed by atoms with E-state index < -0.39 is 18.0 Å². The smallest absolute Gasteiger partial charge is 0.326 e. The molecule has 1 aromatic heterocycles. The van der Waals surface area contributed by atoms with Gasteiger partial charge in [0, 0.05) is 19.3 Å². The Kier molecular flexibility index (Phi) is 5.77. The maximum Gasteiger partial charge on any atom is 0.326 e. The number of carboxylic acid groups (broad SMARTS) is 1. The second-order valence-corrected chi connectivity index (χ2v) is 4.48. The number of aliphatic carboxylic acids is 1. The molecular weight excluding hydrogens is 250 g/mol. The van der Waals surface area contributed by atoms with Crippen LogP contribution in [0.15, 0.2) is 12.4 Å². The molecule has 0 aliphatic rings. The summed E-state index contributed by atoms with van der Waals surface area (Å²) in [7, 11) is 0. The van der Waals surface area contributed by atoms with E-state index in [4.69, 9.17) is 5.11 Å². The zero-order valence-corrected chi connectivity index (χ0v) is 11.0. The van der Waals surface area contributed by atoms with Crippen LogP contribution in [0.4, 0.5) is 4.79 Å². The summed E-state index contributed by atoms with van der Waals surface area (Å²) in [6.07, 6.45) is 4.01. The molecule has 3 N–H and O–H groups in total. The van der Waals surface area contributed by atoms with Gasteiger partial charge in [-0.05, 0) is 12.3 Å². The lowest BCUT2D eigenvalue weighted by Crippen LogP contribution is -2.48. The van der Waals surface area contributed by atoms with E-state index in [9.17, 15) is 9.59 Å². The zero-order valence-electron chi connectivity index (χ0n) is 11.0. The summed E-state index contributed by atoms with van der Waals surface area (Å²) >= 11 is 0. The second-order valence-electron chi connectivity index (χ2n) is 4.48. The number of rotatable bonds is 7. The molecule has 0 spiro atoms. The van der Waals surface area contributed by atoms with E-state index in [2.05, 4.69) is 20.9 Å². The number of aryl methyl sites for hydroxylation is 1. The lowest BCUT2D eigenvalue weighted by atomic mass is 10.1. The Labute approximate surface area is 111 Å². The van der Waals surface area contributed by atoms with E-state index in [1.165, 1.54) is 0 Å². The van der Waals surface area contributed by atoms with Gasteiger partial charge in [-0.25, -0.2) is 9.59 Å². The fourth-order valence-electron chi connectivity index (χ4n) is 1.50. The van der Waals surface area contributed by atoms with Crippen molar-refractivity contribution in [1.82, 2.24) is 25.6 Å². The highest BCUT2D eigenvalue weighted by molar-refractivity contribution is 5.82. The van der Waals surface area contributed by atoms with Crippen LogP contribution in [0.25, 0.3) is 0 Å². The predicted octanol–water partition coefficient (Wildman–Crippen LogP) is 0.0766. The Morgan fingerprint density at radius 2 is 2.16 bits per heavy atom. The normalized spacial score (nSPS) is 12.2. The number of hydrogen-bond donors (Lipinski definition) is 3. The highest BCUT2D eigenvalue weighted by Crippen LogP contribution is 2.01. The summed E-state index contributed by atoms with van der Waals surface area (Å²) in [5.41, 5.74) is 0. The molecule has 2 amide bonds. The van der Waals surface area contributed by atoms with Crippen LogP contribution in [0.5, 0.6) is 0 Å². The third-order valence-electron chi connectivity index (χ3n) is 2.54. The first kappa shape index (κ1) is 14.9. The summed E-state index contributed by atoms with van der Waals surface area (Å²) in [5, 5.41) is 21.4. The molecule has 1 aromatic rings. The number of carbonyl (C=O) groups is 2. The van der Waals surface area contributed by atoms with Gasteiger partial charge in [0.25, 0.3) is 0 Å². The van der Waals surface area contributed by atoms with Gasteiger partial charge in [-0.2, -0.15) is 0 Å². The molecule has 0 aliphatic carbocycles. The first-order chi connectivity index (χ1) is 9.00. The van der Waals surface area contributed by atoms with Crippen LogP contribution in [0.3, 0.4) is 0 Å². The number of amides is 2. The quantitative estimate of drug-likeness (QED) is 0.607. The highest BCUT2D eigenvalue weighted by Gasteiger charge is 2.22. The van der Waals surface area contributed by atoms with Crippen LogP contribution < -0.4 is 10.6 Å². The fourth-order valence-corrected chi connectivity index (χ4v) is 1.50. The lowest BCUT2D eigenvalue weighted by molar-refractivity contribution is -0.140. The molecule has 1 rings (SSSR count). The molecule has 1 heterocycles. The molecule has 0 radical (unpaired) electrons. The molecule has 0 aromatic carbocycles. The molecule has 1 unspecified atom stereocenters. The average Bonchev–Trinajstić information content (AvgIpc) is 2.84. The Hall–Kier alpha value is -2.12. The molecule has 0 saturated carbocycles. The minimum atomic E-state index is -1.03. The number of carboxylic acids is 1. The van der Waals surface area contributed by atoms with E-state index in [1.807, 2.05) is 0 Å². The Balaban J connectivity index is 2.21. The predicted molar refractivity (Wildman–Crippen MR) is 67.4 cm³/mol. The van der Waals surface area contributed by atoms with E-state index in [0.29, 0.717) is 19.5 Å². The molecule has 8 nitrogen and oxygen atoms in total. The Morgan fingerprint density at radius 1 is 1.42 bits per heavy atom. The number of nitrogens with one attached hydrogen (secondary N) is 2. The van der Waals surface area contributed by atoms with Crippen molar-refractivity contribution in [2.45, 2.75) is 32.9 Å². The summed E-state index contributed by atoms with van der Waals surface area (Å²) < 4.78 is 1.66. The first-order valence-electron chi connectivity index (χ1n) is 6.12. The van der Waals surface area contributed by atoms with Gasteiger partial charge >= 0.3 is 12.0 Å². The summed E-state index contributed by atoms with van der Waals surface area (Å²) in [4.78, 5) is 22.4. The standard InChI is InChI=1S/C11H19N5O3/c1-8(2)9(10(17)18)14-11(19)12-4-3-6-16-7-5-13-15-16/h5,7-9H,3-4,6H2,1-2H3,(H,17,18)(H2,12,14,19). The van der Waals surface area contributed by atoms with Crippen molar-refractivity contribution in [2.75, 3.05) is 6.54 Å². The fraction of sp³-hybridized carbons (Fsp3) is 0.636. The van der Waals surface area contributed by atoms with Gasteiger partial charge in [-0.1, -0.05) is 19.1 Å². The van der Waals surface area contributed by atoms with Crippen LogP contribution in [0, 0.1) is 5.92 Å². The SMILES string of the molecule is CC(C)C(NC(=O)NCCCn1ccnn1)C(=O)O. The molecule has 0 bridgehead atoms. The number of carbonyl (C=O) groups excluding carboxylic acids is 1. The van der Waals surface area contributed by atoms with E-state index in [0.717, 1.165) is 0 Å². The third-order valence-corrected chi connectivity index (χ3v) is 2.54. The van der Waals surface area contributed by atoms with Crippen molar-refractivity contribution in [3.63, 3.8) is 0 Å². The summed E-state index contributed by atoms with van der Waals surface area (Å²) in [6.45, 7) is 4.57. The second kappa shape index (κ2) is 7.34. The van der Waals surface area contributed by atoms with Crippen molar-refractivity contribution in [3.8, 4) is 0 Å². The molecule has 1 atom stereocenters. The molecular formula is C11H19N5O3. The van der Waals surface area contributed by atoms with E-state index >= 15 is 0 Å². The van der Waals surface area contributed by atoms with Crippen LogP contribution in [0.2, 0.25) is 0 Å². The largest absolute Gasteiger partial charge is 0.480 e. The third kappa shape index (κ3) is 5.36. The molecule has 19 heavy (non-hydrogen) atoms. The minimum absolute atomic E-state index is 0.168. The van der Waals surface area contributed by atoms with Crippen LogP contribution >= 0.6 is 0 Å². The highest BCUT2D eigenvalue weighted by atomic mass is 16.4. The number of nitrogens with zero attached hydrogens (tertiary/aromatic N) is 3. The van der Waals surface area contributed by atoms with Gasteiger partial charge in [0.2, 0.25) is 0 Å². The van der Waals surface area contributed by atoms with Crippen LogP contribution in [-0.2, 0) is 11.3 Å². The maximum atomic E-state index is 11.5. The minimum Gasteiger partial charge on any atom is -0.480 e.